The van der Waals surface area contributed by atoms with Gasteiger partial charge in [0.15, 0.2) is 0 Å². The number of benzene rings is 1. The first-order valence-electron chi connectivity index (χ1n) is 4.75. The van der Waals surface area contributed by atoms with Gasteiger partial charge in [0.25, 0.3) is 5.92 Å². The maximum atomic E-state index is 12.9. The van der Waals surface area contributed by atoms with Crippen LogP contribution in [0.25, 0.3) is 0 Å². The largest absolute Gasteiger partial charge is 0.304 e. The Hall–Kier alpha value is -0.670. The van der Waals surface area contributed by atoms with Gasteiger partial charge in [-0.15, -0.1) is 12.4 Å². The van der Waals surface area contributed by atoms with E-state index in [4.69, 9.17) is 0 Å². The summed E-state index contributed by atoms with van der Waals surface area (Å²) < 4.78 is 25.8. The molecule has 1 aliphatic heterocycles. The summed E-state index contributed by atoms with van der Waals surface area (Å²) in [6, 6.07) is 7.54. The third-order valence-electron chi connectivity index (χ3n) is 2.59. The highest BCUT2D eigenvalue weighted by molar-refractivity contribution is 5.85. The summed E-state index contributed by atoms with van der Waals surface area (Å²) in [6.07, 6.45) is -0.0872. The van der Waals surface area contributed by atoms with Crippen LogP contribution in [0.1, 0.15) is 23.6 Å². The molecule has 1 heterocycles. The van der Waals surface area contributed by atoms with Crippen molar-refractivity contribution in [2.75, 3.05) is 6.54 Å². The first kappa shape index (κ1) is 12.4. The van der Waals surface area contributed by atoms with E-state index in [1.807, 2.05) is 31.2 Å². The van der Waals surface area contributed by atoms with Crippen molar-refractivity contribution < 1.29 is 8.78 Å². The minimum atomic E-state index is -2.55. The van der Waals surface area contributed by atoms with Crippen LogP contribution in [-0.2, 0) is 0 Å². The molecule has 15 heavy (non-hydrogen) atoms. The maximum Gasteiger partial charge on any atom is 0.262 e. The van der Waals surface area contributed by atoms with Crippen LogP contribution in [0.15, 0.2) is 24.3 Å². The number of hydrogen-bond donors (Lipinski definition) is 1. The second kappa shape index (κ2) is 4.45. The highest BCUT2D eigenvalue weighted by Crippen LogP contribution is 2.33. The number of aryl methyl sites for hydroxylation is 1. The quantitative estimate of drug-likeness (QED) is 0.786. The van der Waals surface area contributed by atoms with E-state index in [0.29, 0.717) is 0 Å². The smallest absolute Gasteiger partial charge is 0.262 e. The van der Waals surface area contributed by atoms with Gasteiger partial charge in [-0.2, -0.15) is 0 Å². The summed E-state index contributed by atoms with van der Waals surface area (Å²) >= 11 is 0. The second-order valence-electron chi connectivity index (χ2n) is 3.90. The van der Waals surface area contributed by atoms with Gasteiger partial charge in [0.05, 0.1) is 6.54 Å². The van der Waals surface area contributed by atoms with Gasteiger partial charge in [-0.1, -0.05) is 29.8 Å². The Bertz CT molecular complexity index is 324. The minimum absolute atomic E-state index is 0. The lowest BCUT2D eigenvalue weighted by Gasteiger charge is -2.10. The fourth-order valence-electron chi connectivity index (χ4n) is 1.75. The van der Waals surface area contributed by atoms with Gasteiger partial charge in [-0.3, -0.25) is 0 Å². The number of hydrogen-bond acceptors (Lipinski definition) is 1. The third-order valence-corrected chi connectivity index (χ3v) is 2.59. The average molecular weight is 234 g/mol. The van der Waals surface area contributed by atoms with Crippen molar-refractivity contribution in [1.29, 1.82) is 0 Å². The Kier molecular flexibility index (Phi) is 3.68. The van der Waals surface area contributed by atoms with Crippen LogP contribution in [0.5, 0.6) is 0 Å². The van der Waals surface area contributed by atoms with Gasteiger partial charge in [-0.25, -0.2) is 8.78 Å². The molecule has 4 heteroatoms. The number of nitrogens with one attached hydrogen (secondary N) is 1. The zero-order chi connectivity index (χ0) is 10.2. The minimum Gasteiger partial charge on any atom is -0.304 e. The number of rotatable bonds is 1. The van der Waals surface area contributed by atoms with Crippen LogP contribution < -0.4 is 5.32 Å². The van der Waals surface area contributed by atoms with Crippen molar-refractivity contribution in [2.24, 2.45) is 0 Å². The maximum absolute atomic E-state index is 12.9. The summed E-state index contributed by atoms with van der Waals surface area (Å²) in [7, 11) is 0. The monoisotopic (exact) mass is 233 g/mol. The summed E-state index contributed by atoms with van der Waals surface area (Å²) in [4.78, 5) is 0. The van der Waals surface area contributed by atoms with Gasteiger partial charge in [0, 0.05) is 12.5 Å². The standard InChI is InChI=1S/C11H13F2N.ClH/c1-8-2-4-9(5-3-8)10-6-11(12,13)7-14-10;/h2-5,10,14H,6-7H2,1H3;1H. The zero-order valence-electron chi connectivity index (χ0n) is 8.47. The molecule has 1 unspecified atom stereocenters. The fourth-order valence-corrected chi connectivity index (χ4v) is 1.75. The van der Waals surface area contributed by atoms with E-state index in [1.165, 1.54) is 0 Å². The van der Waals surface area contributed by atoms with Crippen molar-refractivity contribution in [1.82, 2.24) is 5.32 Å². The van der Waals surface area contributed by atoms with Crippen LogP contribution in [0.3, 0.4) is 0 Å². The zero-order valence-corrected chi connectivity index (χ0v) is 9.28. The highest BCUT2D eigenvalue weighted by atomic mass is 35.5. The van der Waals surface area contributed by atoms with Crippen LogP contribution >= 0.6 is 12.4 Å². The Morgan fingerprint density at radius 2 is 1.87 bits per heavy atom. The van der Waals surface area contributed by atoms with Crippen molar-refractivity contribution >= 4 is 12.4 Å². The Morgan fingerprint density at radius 3 is 2.33 bits per heavy atom. The Balaban J connectivity index is 0.00000112. The molecule has 1 saturated heterocycles. The molecule has 1 fully saturated rings. The molecular weight excluding hydrogens is 220 g/mol. The van der Waals surface area contributed by atoms with E-state index < -0.39 is 5.92 Å². The summed E-state index contributed by atoms with van der Waals surface area (Å²) in [5, 5.41) is 2.83. The van der Waals surface area contributed by atoms with Crippen molar-refractivity contribution in [2.45, 2.75) is 25.3 Å². The molecule has 84 valence electrons. The Morgan fingerprint density at radius 1 is 1.27 bits per heavy atom. The van der Waals surface area contributed by atoms with Crippen LogP contribution in [-0.4, -0.2) is 12.5 Å². The van der Waals surface area contributed by atoms with Gasteiger partial charge >= 0.3 is 0 Å². The molecule has 0 aliphatic carbocycles. The normalized spacial score (nSPS) is 23.5. The molecule has 1 N–H and O–H groups in total. The molecule has 0 saturated carbocycles. The van der Waals surface area contributed by atoms with E-state index in [1.54, 1.807) is 0 Å². The molecule has 0 radical (unpaired) electrons. The second-order valence-corrected chi connectivity index (χ2v) is 3.90. The molecule has 1 aromatic carbocycles. The number of alkyl halides is 2. The van der Waals surface area contributed by atoms with Gasteiger partial charge < -0.3 is 5.32 Å². The molecule has 1 nitrogen and oxygen atoms in total. The molecule has 0 bridgehead atoms. The predicted octanol–water partition coefficient (Wildman–Crippen LogP) is 3.09. The van der Waals surface area contributed by atoms with Crippen molar-refractivity contribution in [3.63, 3.8) is 0 Å². The topological polar surface area (TPSA) is 12.0 Å². The van der Waals surface area contributed by atoms with E-state index in [0.717, 1.165) is 11.1 Å². The summed E-state index contributed by atoms with van der Waals surface area (Å²) in [5.41, 5.74) is 2.10. The van der Waals surface area contributed by atoms with E-state index in [2.05, 4.69) is 5.32 Å². The SMILES string of the molecule is Cc1ccc(C2CC(F)(F)CN2)cc1.Cl. The van der Waals surface area contributed by atoms with Crippen molar-refractivity contribution in [3.05, 3.63) is 35.4 Å². The van der Waals surface area contributed by atoms with Gasteiger partial charge in [0.2, 0.25) is 0 Å². The Labute approximate surface area is 94.3 Å². The van der Waals surface area contributed by atoms with Crippen LogP contribution in [0, 0.1) is 6.92 Å². The fraction of sp³-hybridized carbons (Fsp3) is 0.455. The van der Waals surface area contributed by atoms with E-state index >= 15 is 0 Å². The first-order chi connectivity index (χ1) is 6.57. The summed E-state index contributed by atoms with van der Waals surface area (Å²) in [5.74, 6) is -2.55. The lowest BCUT2D eigenvalue weighted by atomic mass is 10.0. The molecule has 0 amide bonds. The average Bonchev–Trinajstić information content (AvgIpc) is 2.47. The van der Waals surface area contributed by atoms with E-state index in [9.17, 15) is 8.78 Å². The molecule has 1 aliphatic rings. The van der Waals surface area contributed by atoms with Gasteiger partial charge in [-0.05, 0) is 12.5 Å². The van der Waals surface area contributed by atoms with E-state index in [-0.39, 0.29) is 31.4 Å². The molecule has 0 aromatic heterocycles. The molecule has 1 aromatic rings. The number of halogens is 3. The third kappa shape index (κ3) is 2.89. The molecule has 1 atom stereocenters. The van der Waals surface area contributed by atoms with Crippen LogP contribution in [0.2, 0.25) is 0 Å². The van der Waals surface area contributed by atoms with Crippen LogP contribution in [0.4, 0.5) is 8.78 Å². The first-order valence-corrected chi connectivity index (χ1v) is 4.75. The lowest BCUT2D eigenvalue weighted by Crippen LogP contribution is -2.19. The molecule has 2 rings (SSSR count). The van der Waals surface area contributed by atoms with Gasteiger partial charge in [0.1, 0.15) is 0 Å². The predicted molar refractivity (Wildman–Crippen MR) is 58.7 cm³/mol. The van der Waals surface area contributed by atoms with Crippen molar-refractivity contribution in [3.8, 4) is 0 Å². The lowest BCUT2D eigenvalue weighted by molar-refractivity contribution is 0.0210. The molecular formula is C11H14ClF2N. The molecule has 0 spiro atoms. The summed E-state index contributed by atoms with van der Waals surface area (Å²) in [6.45, 7) is 1.78. The highest BCUT2D eigenvalue weighted by Gasteiger charge is 2.39.